The van der Waals surface area contributed by atoms with Gasteiger partial charge in [0.2, 0.25) is 0 Å². The normalized spacial score (nSPS) is 18.3. The van der Waals surface area contributed by atoms with Crippen molar-refractivity contribution in [2.45, 2.75) is 12.8 Å². The Morgan fingerprint density at radius 2 is 1.80 bits per heavy atom. The van der Waals surface area contributed by atoms with E-state index < -0.39 is 11.9 Å². The Kier molecular flexibility index (Phi) is 2.57. The van der Waals surface area contributed by atoms with Gasteiger partial charge in [0.25, 0.3) is 0 Å². The van der Waals surface area contributed by atoms with Gasteiger partial charge >= 0.3 is 11.7 Å². The van der Waals surface area contributed by atoms with Crippen molar-refractivity contribution in [2.75, 3.05) is 0 Å². The lowest BCUT2D eigenvalue weighted by Gasteiger charge is -2.20. The standard InChI is InChI=1S/C14H14N2O4/c1-15-10-5-7-3-4-8(13(18)19)12(17)9(7)6-11(10)16(2)14(15)20/h5-6,8H,3-4H2,1-2H3,(H,18,19). The maximum absolute atomic E-state index is 12.2. The zero-order valence-corrected chi connectivity index (χ0v) is 11.2. The molecule has 1 atom stereocenters. The van der Waals surface area contributed by atoms with Crippen molar-refractivity contribution in [1.82, 2.24) is 9.13 Å². The van der Waals surface area contributed by atoms with E-state index in [1.807, 2.05) is 6.07 Å². The van der Waals surface area contributed by atoms with Crippen LogP contribution in [0.1, 0.15) is 22.3 Å². The first-order chi connectivity index (χ1) is 9.41. The molecular weight excluding hydrogens is 260 g/mol. The predicted octanol–water partition coefficient (Wildman–Crippen LogP) is 0.707. The first-order valence-electron chi connectivity index (χ1n) is 6.37. The second-order valence-corrected chi connectivity index (χ2v) is 5.19. The molecule has 1 aliphatic carbocycles. The topological polar surface area (TPSA) is 81.3 Å². The van der Waals surface area contributed by atoms with Crippen LogP contribution in [0.2, 0.25) is 0 Å². The van der Waals surface area contributed by atoms with Crippen LogP contribution in [0.3, 0.4) is 0 Å². The van der Waals surface area contributed by atoms with Gasteiger partial charge in [-0.2, -0.15) is 0 Å². The number of carboxylic acids is 1. The summed E-state index contributed by atoms with van der Waals surface area (Å²) >= 11 is 0. The third-order valence-electron chi connectivity index (χ3n) is 4.08. The number of aromatic nitrogens is 2. The fraction of sp³-hybridized carbons (Fsp3) is 0.357. The van der Waals surface area contributed by atoms with Crippen molar-refractivity contribution in [3.05, 3.63) is 33.7 Å². The highest BCUT2D eigenvalue weighted by Crippen LogP contribution is 2.29. The van der Waals surface area contributed by atoms with Crippen LogP contribution in [0.5, 0.6) is 0 Å². The van der Waals surface area contributed by atoms with Gasteiger partial charge in [0.05, 0.1) is 11.0 Å². The molecule has 0 amide bonds. The molecule has 3 rings (SSSR count). The third kappa shape index (κ3) is 1.54. The molecule has 1 aromatic carbocycles. The molecule has 1 unspecified atom stereocenters. The number of rotatable bonds is 1. The summed E-state index contributed by atoms with van der Waals surface area (Å²) in [5.41, 5.74) is 2.50. The Balaban J connectivity index is 2.28. The molecule has 1 N–H and O–H groups in total. The van der Waals surface area contributed by atoms with Crippen molar-refractivity contribution in [1.29, 1.82) is 0 Å². The fourth-order valence-corrected chi connectivity index (χ4v) is 2.88. The monoisotopic (exact) mass is 274 g/mol. The molecule has 0 spiro atoms. The summed E-state index contributed by atoms with van der Waals surface area (Å²) in [4.78, 5) is 35.2. The maximum Gasteiger partial charge on any atom is 0.328 e. The van der Waals surface area contributed by atoms with E-state index in [2.05, 4.69) is 0 Å². The minimum Gasteiger partial charge on any atom is -0.481 e. The summed E-state index contributed by atoms with van der Waals surface area (Å²) in [6, 6.07) is 3.46. The molecule has 0 saturated heterocycles. The first kappa shape index (κ1) is 12.7. The number of carboxylic acid groups (broad SMARTS) is 1. The van der Waals surface area contributed by atoms with E-state index in [0.717, 1.165) is 11.1 Å². The Morgan fingerprint density at radius 3 is 2.40 bits per heavy atom. The molecule has 0 saturated carbocycles. The molecule has 0 fully saturated rings. The summed E-state index contributed by atoms with van der Waals surface area (Å²) in [5.74, 6) is -2.42. The second kappa shape index (κ2) is 4.06. The Bertz CT molecular complexity index is 813. The number of nitrogens with zero attached hydrogens (tertiary/aromatic N) is 2. The summed E-state index contributed by atoms with van der Waals surface area (Å²) in [7, 11) is 3.32. The van der Waals surface area contributed by atoms with Crippen LogP contribution in [-0.4, -0.2) is 26.0 Å². The molecule has 1 aliphatic rings. The van der Waals surface area contributed by atoms with Crippen molar-refractivity contribution in [3.63, 3.8) is 0 Å². The SMILES string of the molecule is Cn1c(=O)n(C)c2cc3c(cc21)CCC(C(=O)O)C3=O. The average Bonchev–Trinajstić information content (AvgIpc) is 2.62. The van der Waals surface area contributed by atoms with Gasteiger partial charge in [-0.1, -0.05) is 0 Å². The van der Waals surface area contributed by atoms with E-state index in [-0.39, 0.29) is 11.5 Å². The molecule has 2 aromatic rings. The maximum atomic E-state index is 12.2. The summed E-state index contributed by atoms with van der Waals surface area (Å²) in [5, 5.41) is 9.07. The van der Waals surface area contributed by atoms with Gasteiger partial charge in [0.1, 0.15) is 5.92 Å². The van der Waals surface area contributed by atoms with Gasteiger partial charge in [-0.25, -0.2) is 4.79 Å². The summed E-state index contributed by atoms with van der Waals surface area (Å²) < 4.78 is 3.00. The number of imidazole rings is 1. The molecular formula is C14H14N2O4. The van der Waals surface area contributed by atoms with Gasteiger partial charge in [0, 0.05) is 19.7 Å². The highest BCUT2D eigenvalue weighted by molar-refractivity contribution is 6.11. The number of carbonyl (C=O) groups is 2. The zero-order chi connectivity index (χ0) is 14.6. The average molecular weight is 274 g/mol. The number of ketones is 1. The molecule has 1 heterocycles. The van der Waals surface area contributed by atoms with Crippen LogP contribution in [0, 0.1) is 5.92 Å². The quantitative estimate of drug-likeness (QED) is 0.776. The minimum atomic E-state index is -1.08. The van der Waals surface area contributed by atoms with E-state index in [0.29, 0.717) is 23.9 Å². The molecule has 0 bridgehead atoms. The Hall–Kier alpha value is -2.37. The molecule has 104 valence electrons. The van der Waals surface area contributed by atoms with Crippen LogP contribution < -0.4 is 5.69 Å². The number of Topliss-reactive ketones (excluding diaryl/α,β-unsaturated/α-hetero) is 1. The number of fused-ring (bicyclic) bond motifs is 2. The highest BCUT2D eigenvalue weighted by atomic mass is 16.4. The van der Waals surface area contributed by atoms with E-state index in [1.165, 1.54) is 9.13 Å². The van der Waals surface area contributed by atoms with Crippen molar-refractivity contribution in [3.8, 4) is 0 Å². The zero-order valence-electron chi connectivity index (χ0n) is 11.2. The van der Waals surface area contributed by atoms with Crippen molar-refractivity contribution in [2.24, 2.45) is 20.0 Å². The van der Waals surface area contributed by atoms with Crippen molar-refractivity contribution < 1.29 is 14.7 Å². The van der Waals surface area contributed by atoms with E-state index in [4.69, 9.17) is 5.11 Å². The Morgan fingerprint density at radius 1 is 1.20 bits per heavy atom. The van der Waals surface area contributed by atoms with Gasteiger partial charge in [0.15, 0.2) is 5.78 Å². The van der Waals surface area contributed by atoms with Gasteiger partial charge in [-0.3, -0.25) is 18.7 Å². The van der Waals surface area contributed by atoms with Crippen LogP contribution in [0.4, 0.5) is 0 Å². The Labute approximate surface area is 114 Å². The van der Waals surface area contributed by atoms with E-state index in [1.54, 1.807) is 20.2 Å². The number of hydrogen-bond acceptors (Lipinski definition) is 3. The third-order valence-corrected chi connectivity index (χ3v) is 4.08. The summed E-state index contributed by atoms with van der Waals surface area (Å²) in [6.45, 7) is 0. The van der Waals surface area contributed by atoms with Crippen LogP contribution >= 0.6 is 0 Å². The lowest BCUT2D eigenvalue weighted by atomic mass is 9.82. The minimum absolute atomic E-state index is 0.162. The molecule has 1 aromatic heterocycles. The van der Waals surface area contributed by atoms with Crippen LogP contribution in [0.25, 0.3) is 11.0 Å². The smallest absolute Gasteiger partial charge is 0.328 e. The lowest BCUT2D eigenvalue weighted by Crippen LogP contribution is -2.29. The van der Waals surface area contributed by atoms with Gasteiger partial charge in [-0.15, -0.1) is 0 Å². The predicted molar refractivity (Wildman–Crippen MR) is 71.9 cm³/mol. The number of aryl methyl sites for hydroxylation is 3. The molecule has 0 radical (unpaired) electrons. The fourth-order valence-electron chi connectivity index (χ4n) is 2.88. The molecule has 6 nitrogen and oxygen atoms in total. The van der Waals surface area contributed by atoms with E-state index in [9.17, 15) is 14.4 Å². The highest BCUT2D eigenvalue weighted by Gasteiger charge is 2.33. The largest absolute Gasteiger partial charge is 0.481 e. The van der Waals surface area contributed by atoms with E-state index >= 15 is 0 Å². The molecule has 0 aliphatic heterocycles. The van der Waals surface area contributed by atoms with Crippen LogP contribution in [0.15, 0.2) is 16.9 Å². The number of hydrogen-bond donors (Lipinski definition) is 1. The van der Waals surface area contributed by atoms with Gasteiger partial charge in [-0.05, 0) is 30.5 Å². The van der Waals surface area contributed by atoms with Gasteiger partial charge < -0.3 is 5.11 Å². The number of aliphatic carboxylic acids is 1. The molecule has 6 heteroatoms. The van der Waals surface area contributed by atoms with Crippen LogP contribution in [-0.2, 0) is 25.3 Å². The lowest BCUT2D eigenvalue weighted by molar-refractivity contribution is -0.140. The number of benzene rings is 1. The first-order valence-corrected chi connectivity index (χ1v) is 6.37. The summed E-state index contributed by atoms with van der Waals surface area (Å²) in [6.07, 6.45) is 0.852. The second-order valence-electron chi connectivity index (χ2n) is 5.19. The van der Waals surface area contributed by atoms with Crippen molar-refractivity contribution >= 4 is 22.8 Å². The number of carbonyl (C=O) groups excluding carboxylic acids is 1. The molecule has 20 heavy (non-hydrogen) atoms.